The van der Waals surface area contributed by atoms with Gasteiger partial charge in [0.15, 0.2) is 0 Å². The van der Waals surface area contributed by atoms with Crippen molar-refractivity contribution < 1.29 is 13.6 Å². The molecule has 35 heavy (non-hydrogen) atoms. The maximum absolute atomic E-state index is 13.5. The summed E-state index contributed by atoms with van der Waals surface area (Å²) in [5, 5.41) is 11.8. The lowest BCUT2D eigenvalue weighted by atomic mass is 9.96. The molecule has 0 aliphatic carbocycles. The number of halogens is 2. The molecule has 0 unspecified atom stereocenters. The molecule has 3 aromatic carbocycles. The first-order valence-corrected chi connectivity index (χ1v) is 12.4. The van der Waals surface area contributed by atoms with Gasteiger partial charge in [-0.25, -0.2) is 8.78 Å². The number of carbonyl (C=O) groups is 1. The molecule has 180 valence electrons. The second kappa shape index (κ2) is 11.9. The van der Waals surface area contributed by atoms with Crippen molar-refractivity contribution in [2.24, 2.45) is 0 Å². The standard InChI is InChI=1S/C27H26F2N4OS/c28-22-9-5-20(6-10-22)27(21-7-11-23(29)12-8-21)33-16-14-32(15-17-33)19-26(34)31-24-3-1-2-4-25(24)35-18-13-30/h1-12,27H,14-19H2,(H,31,34). The maximum atomic E-state index is 13.5. The van der Waals surface area contributed by atoms with E-state index in [2.05, 4.69) is 21.2 Å². The predicted octanol–water partition coefficient (Wildman–Crippen LogP) is 4.93. The Bertz CT molecular complexity index is 1130. The zero-order valence-corrected chi connectivity index (χ0v) is 20.0. The van der Waals surface area contributed by atoms with Crippen LogP contribution in [0.15, 0.2) is 77.7 Å². The molecule has 0 spiro atoms. The van der Waals surface area contributed by atoms with Crippen molar-refractivity contribution in [3.8, 4) is 6.07 Å². The molecule has 8 heteroatoms. The van der Waals surface area contributed by atoms with E-state index < -0.39 is 0 Å². The number of nitriles is 1. The van der Waals surface area contributed by atoms with Crippen molar-refractivity contribution in [3.63, 3.8) is 0 Å². The fourth-order valence-corrected chi connectivity index (χ4v) is 4.95. The zero-order chi connectivity index (χ0) is 24.6. The largest absolute Gasteiger partial charge is 0.324 e. The van der Waals surface area contributed by atoms with Gasteiger partial charge in [-0.3, -0.25) is 14.6 Å². The lowest BCUT2D eigenvalue weighted by molar-refractivity contribution is -0.117. The van der Waals surface area contributed by atoms with Gasteiger partial charge in [0.1, 0.15) is 11.6 Å². The first-order valence-electron chi connectivity index (χ1n) is 11.4. The van der Waals surface area contributed by atoms with Crippen LogP contribution in [-0.4, -0.2) is 54.2 Å². The molecule has 1 saturated heterocycles. The number of benzene rings is 3. The van der Waals surface area contributed by atoms with Gasteiger partial charge in [-0.2, -0.15) is 5.26 Å². The molecule has 5 nitrogen and oxygen atoms in total. The molecular formula is C27H26F2N4OS. The summed E-state index contributed by atoms with van der Waals surface area (Å²) in [5.41, 5.74) is 2.59. The summed E-state index contributed by atoms with van der Waals surface area (Å²) in [4.78, 5) is 18.0. The van der Waals surface area contributed by atoms with Crippen molar-refractivity contribution in [3.05, 3.63) is 95.6 Å². The summed E-state index contributed by atoms with van der Waals surface area (Å²) in [6.45, 7) is 3.07. The molecule has 1 N–H and O–H groups in total. The summed E-state index contributed by atoms with van der Waals surface area (Å²) in [7, 11) is 0. The minimum atomic E-state index is -0.296. The molecule has 0 atom stereocenters. The number of amides is 1. The molecule has 0 radical (unpaired) electrons. The first kappa shape index (κ1) is 24.9. The number of piperazine rings is 1. The fraction of sp³-hybridized carbons (Fsp3) is 0.259. The number of para-hydroxylation sites is 1. The Morgan fingerprint density at radius 3 is 2.06 bits per heavy atom. The third-order valence-electron chi connectivity index (χ3n) is 5.96. The van der Waals surface area contributed by atoms with E-state index in [1.807, 2.05) is 24.3 Å². The highest BCUT2D eigenvalue weighted by atomic mass is 32.2. The van der Waals surface area contributed by atoms with Gasteiger partial charge in [0, 0.05) is 31.1 Å². The molecule has 1 aliphatic heterocycles. The van der Waals surface area contributed by atoms with Crippen LogP contribution in [0.5, 0.6) is 0 Å². The number of thioether (sulfide) groups is 1. The van der Waals surface area contributed by atoms with Gasteiger partial charge in [0.2, 0.25) is 5.91 Å². The highest BCUT2D eigenvalue weighted by Crippen LogP contribution is 2.30. The van der Waals surface area contributed by atoms with Gasteiger partial charge in [-0.1, -0.05) is 36.4 Å². The lowest BCUT2D eigenvalue weighted by Gasteiger charge is -2.39. The van der Waals surface area contributed by atoms with Crippen molar-refractivity contribution >= 4 is 23.4 Å². The molecule has 0 bridgehead atoms. The Kier molecular flexibility index (Phi) is 8.48. The second-order valence-electron chi connectivity index (χ2n) is 8.31. The van der Waals surface area contributed by atoms with Crippen LogP contribution in [0, 0.1) is 23.0 Å². The van der Waals surface area contributed by atoms with Crippen molar-refractivity contribution in [2.75, 3.05) is 43.8 Å². The molecule has 1 aliphatic rings. The van der Waals surface area contributed by atoms with Crippen LogP contribution in [-0.2, 0) is 4.79 Å². The number of nitrogens with one attached hydrogen (secondary N) is 1. The van der Waals surface area contributed by atoms with E-state index in [0.717, 1.165) is 16.0 Å². The summed E-state index contributed by atoms with van der Waals surface area (Å²) < 4.78 is 27.1. The van der Waals surface area contributed by atoms with Gasteiger partial charge in [-0.05, 0) is 47.5 Å². The molecule has 3 aromatic rings. The highest BCUT2D eigenvalue weighted by molar-refractivity contribution is 7.99. The van der Waals surface area contributed by atoms with Crippen LogP contribution < -0.4 is 5.32 Å². The van der Waals surface area contributed by atoms with E-state index in [-0.39, 0.29) is 30.1 Å². The summed E-state index contributed by atoms with van der Waals surface area (Å²) in [6, 6.07) is 22.3. The van der Waals surface area contributed by atoms with Gasteiger partial charge in [-0.15, -0.1) is 11.8 Å². The second-order valence-corrected chi connectivity index (χ2v) is 9.33. The number of hydrogen-bond acceptors (Lipinski definition) is 5. The van der Waals surface area contributed by atoms with E-state index >= 15 is 0 Å². The van der Waals surface area contributed by atoms with Gasteiger partial charge in [0.25, 0.3) is 0 Å². The summed E-state index contributed by atoms with van der Waals surface area (Å²) in [6.07, 6.45) is 0. The molecule has 0 saturated carbocycles. The molecule has 4 rings (SSSR count). The monoisotopic (exact) mass is 492 g/mol. The Hall–Kier alpha value is -3.25. The smallest absolute Gasteiger partial charge is 0.238 e. The number of nitrogens with zero attached hydrogens (tertiary/aromatic N) is 3. The third-order valence-corrected chi connectivity index (χ3v) is 6.90. The number of carbonyl (C=O) groups excluding carboxylic acids is 1. The average molecular weight is 493 g/mol. The molecule has 1 fully saturated rings. The first-order chi connectivity index (χ1) is 17.0. The fourth-order valence-electron chi connectivity index (χ4n) is 4.28. The number of rotatable bonds is 8. The van der Waals surface area contributed by atoms with Crippen molar-refractivity contribution in [1.29, 1.82) is 5.26 Å². The summed E-state index contributed by atoms with van der Waals surface area (Å²) in [5.74, 6) is -0.375. The van der Waals surface area contributed by atoms with E-state index in [4.69, 9.17) is 5.26 Å². The maximum Gasteiger partial charge on any atom is 0.238 e. The Labute approximate surface area is 208 Å². The van der Waals surface area contributed by atoms with Gasteiger partial charge in [0.05, 0.1) is 30.1 Å². The highest BCUT2D eigenvalue weighted by Gasteiger charge is 2.27. The van der Waals surface area contributed by atoms with Crippen LogP contribution in [0.4, 0.5) is 14.5 Å². The van der Waals surface area contributed by atoms with Crippen molar-refractivity contribution in [2.45, 2.75) is 10.9 Å². The normalized spacial score (nSPS) is 14.6. The quantitative estimate of drug-likeness (QED) is 0.452. The van der Waals surface area contributed by atoms with Crippen LogP contribution in [0.1, 0.15) is 17.2 Å². The Balaban J connectivity index is 1.39. The van der Waals surface area contributed by atoms with Gasteiger partial charge < -0.3 is 5.32 Å². The SMILES string of the molecule is N#CCSc1ccccc1NC(=O)CN1CCN(C(c2ccc(F)cc2)c2ccc(F)cc2)CC1. The van der Waals surface area contributed by atoms with E-state index in [0.29, 0.717) is 37.6 Å². The van der Waals surface area contributed by atoms with E-state index in [9.17, 15) is 13.6 Å². The molecule has 1 heterocycles. The van der Waals surface area contributed by atoms with Crippen LogP contribution in [0.25, 0.3) is 0 Å². The zero-order valence-electron chi connectivity index (χ0n) is 19.2. The third kappa shape index (κ3) is 6.67. The topological polar surface area (TPSA) is 59.4 Å². The number of anilines is 1. The molecule has 0 aromatic heterocycles. The lowest BCUT2D eigenvalue weighted by Crippen LogP contribution is -2.49. The minimum Gasteiger partial charge on any atom is -0.324 e. The van der Waals surface area contributed by atoms with Crippen LogP contribution in [0.2, 0.25) is 0 Å². The van der Waals surface area contributed by atoms with Crippen LogP contribution >= 0.6 is 11.8 Å². The van der Waals surface area contributed by atoms with E-state index in [1.165, 1.54) is 36.0 Å². The Morgan fingerprint density at radius 1 is 0.914 bits per heavy atom. The van der Waals surface area contributed by atoms with Gasteiger partial charge >= 0.3 is 0 Å². The number of hydrogen-bond donors (Lipinski definition) is 1. The minimum absolute atomic E-state index is 0.0999. The van der Waals surface area contributed by atoms with Crippen LogP contribution in [0.3, 0.4) is 0 Å². The summed E-state index contributed by atoms with van der Waals surface area (Å²) >= 11 is 1.39. The average Bonchev–Trinajstić information content (AvgIpc) is 2.87. The Morgan fingerprint density at radius 2 is 1.49 bits per heavy atom. The van der Waals surface area contributed by atoms with E-state index in [1.54, 1.807) is 24.3 Å². The molecular weight excluding hydrogens is 466 g/mol. The predicted molar refractivity (Wildman–Crippen MR) is 134 cm³/mol. The van der Waals surface area contributed by atoms with Crippen molar-refractivity contribution in [1.82, 2.24) is 9.80 Å². The molecule has 1 amide bonds.